The van der Waals surface area contributed by atoms with Crippen molar-refractivity contribution in [1.82, 2.24) is 19.5 Å². The maximum atomic E-state index is 11.1. The smallest absolute Gasteiger partial charge is 0.230 e. The second-order valence-corrected chi connectivity index (χ2v) is 8.80. The van der Waals surface area contributed by atoms with E-state index < -0.39 is 0 Å². The van der Waals surface area contributed by atoms with Gasteiger partial charge in [0.1, 0.15) is 5.75 Å². The van der Waals surface area contributed by atoms with Gasteiger partial charge in [-0.15, -0.1) is 5.10 Å². The number of piperidine rings is 1. The lowest BCUT2D eigenvalue weighted by atomic mass is 9.95. The fourth-order valence-electron chi connectivity index (χ4n) is 4.06. The van der Waals surface area contributed by atoms with Crippen LogP contribution in [0.15, 0.2) is 47.1 Å². The number of aromatic nitrogens is 3. The molecule has 7 nitrogen and oxygen atoms in total. The van der Waals surface area contributed by atoms with Gasteiger partial charge < -0.3 is 14.3 Å². The Bertz CT molecular complexity index is 1140. The fourth-order valence-corrected chi connectivity index (χ4v) is 5.18. The average molecular weight is 425 g/mol. The van der Waals surface area contributed by atoms with Gasteiger partial charge in [0.2, 0.25) is 16.7 Å². The number of likely N-dealkylation sites (tertiary alicyclic amines) is 1. The van der Waals surface area contributed by atoms with Gasteiger partial charge >= 0.3 is 0 Å². The first-order valence-corrected chi connectivity index (χ1v) is 11.0. The highest BCUT2D eigenvalue weighted by Gasteiger charge is 2.32. The zero-order valence-electron chi connectivity index (χ0n) is 17.0. The van der Waals surface area contributed by atoms with Gasteiger partial charge in [-0.05, 0) is 61.7 Å². The van der Waals surface area contributed by atoms with Crippen molar-refractivity contribution in [2.24, 2.45) is 5.92 Å². The predicted octanol–water partition coefficient (Wildman–Crippen LogP) is 4.59. The number of ether oxygens (including phenoxy) is 1. The second kappa shape index (κ2) is 7.77. The molecule has 1 N–H and O–H groups in total. The molecule has 0 amide bonds. The Morgan fingerprint density at radius 2 is 2.07 bits per heavy atom. The van der Waals surface area contributed by atoms with E-state index in [-0.39, 0.29) is 11.9 Å². The van der Waals surface area contributed by atoms with Crippen molar-refractivity contribution in [3.8, 4) is 23.2 Å². The van der Waals surface area contributed by atoms with Crippen molar-refractivity contribution < 1.29 is 14.3 Å². The lowest BCUT2D eigenvalue weighted by molar-refractivity contribution is 0.157. The molecule has 0 radical (unpaired) electrons. The number of methoxy groups -OCH3 is 1. The molecular weight excluding hydrogens is 400 g/mol. The largest absolute Gasteiger partial charge is 0.497 e. The van der Waals surface area contributed by atoms with Gasteiger partial charge in [0.25, 0.3) is 0 Å². The van der Waals surface area contributed by atoms with Gasteiger partial charge in [0.05, 0.1) is 24.3 Å². The lowest BCUT2D eigenvalue weighted by Gasteiger charge is -2.36. The van der Waals surface area contributed by atoms with E-state index in [0.29, 0.717) is 16.5 Å². The molecule has 3 aromatic heterocycles. The van der Waals surface area contributed by atoms with Crippen molar-refractivity contribution in [3.05, 3.63) is 53.1 Å². The second-order valence-electron chi connectivity index (χ2n) is 7.79. The van der Waals surface area contributed by atoms with E-state index in [1.807, 2.05) is 24.3 Å². The maximum absolute atomic E-state index is 11.1. The molecule has 1 aliphatic heterocycles. The number of fused-ring (bicyclic) bond motifs is 1. The number of nitrogens with zero attached hydrogens (tertiary/aromatic N) is 4. The van der Waals surface area contributed by atoms with Gasteiger partial charge in [-0.25, -0.2) is 0 Å². The summed E-state index contributed by atoms with van der Waals surface area (Å²) in [5.41, 5.74) is 1.09. The minimum atomic E-state index is -0.0758. The average Bonchev–Trinajstić information content (AvgIpc) is 3.49. The maximum Gasteiger partial charge on any atom is 0.230 e. The standard InChI is InChI=1S/C22H24N4O3S/c1-14-8-10-25(11-9-14)18(15-5-3-6-16(13-15)28-2)19-21(27)26-22(30-19)23-20(24-26)17-7-4-12-29-17/h3-7,12-14,18,27H,8-11H2,1-2H3/t18-/m1/s1. The molecular formula is C22H24N4O3S. The van der Waals surface area contributed by atoms with Crippen LogP contribution < -0.4 is 4.74 Å². The van der Waals surface area contributed by atoms with Crippen LogP contribution in [-0.4, -0.2) is 44.8 Å². The first-order chi connectivity index (χ1) is 14.6. The molecule has 8 heteroatoms. The Hall–Kier alpha value is -2.84. The van der Waals surface area contributed by atoms with Crippen LogP contribution in [0.25, 0.3) is 16.5 Å². The van der Waals surface area contributed by atoms with E-state index in [1.54, 1.807) is 19.4 Å². The Labute approximate surface area is 178 Å². The molecule has 1 saturated heterocycles. The molecule has 1 aromatic carbocycles. The highest BCUT2D eigenvalue weighted by molar-refractivity contribution is 7.17. The van der Waals surface area contributed by atoms with E-state index in [4.69, 9.17) is 9.15 Å². The van der Waals surface area contributed by atoms with Crippen LogP contribution in [0.4, 0.5) is 0 Å². The first kappa shape index (κ1) is 19.1. The Morgan fingerprint density at radius 1 is 1.23 bits per heavy atom. The van der Waals surface area contributed by atoms with E-state index in [0.717, 1.165) is 48.0 Å². The summed E-state index contributed by atoms with van der Waals surface area (Å²) in [4.78, 5) is 8.51. The molecule has 5 rings (SSSR count). The van der Waals surface area contributed by atoms with Crippen molar-refractivity contribution in [2.45, 2.75) is 25.8 Å². The molecule has 4 heterocycles. The summed E-state index contributed by atoms with van der Waals surface area (Å²) in [6, 6.07) is 11.6. The van der Waals surface area contributed by atoms with Crippen LogP contribution in [0, 0.1) is 5.92 Å². The summed E-state index contributed by atoms with van der Waals surface area (Å²) < 4.78 is 12.4. The topological polar surface area (TPSA) is 76.0 Å². The summed E-state index contributed by atoms with van der Waals surface area (Å²) in [5, 5.41) is 15.6. The fraction of sp³-hybridized carbons (Fsp3) is 0.364. The molecule has 0 aliphatic carbocycles. The third-order valence-electron chi connectivity index (χ3n) is 5.78. The molecule has 0 spiro atoms. The number of hydrogen-bond donors (Lipinski definition) is 1. The molecule has 156 valence electrons. The zero-order chi connectivity index (χ0) is 20.7. The number of rotatable bonds is 5. The Kier molecular flexibility index (Phi) is 4.96. The number of hydrogen-bond acceptors (Lipinski definition) is 7. The molecule has 0 unspecified atom stereocenters. The van der Waals surface area contributed by atoms with Crippen molar-refractivity contribution in [1.29, 1.82) is 0 Å². The van der Waals surface area contributed by atoms with Gasteiger partial charge in [0.15, 0.2) is 5.76 Å². The molecule has 0 saturated carbocycles. The SMILES string of the molecule is COc1cccc([C@H](c2sc3nc(-c4ccco4)nn3c2O)N2CCC(C)CC2)c1. The minimum Gasteiger partial charge on any atom is -0.497 e. The van der Waals surface area contributed by atoms with Crippen molar-refractivity contribution in [3.63, 3.8) is 0 Å². The number of thiazole rings is 1. The van der Waals surface area contributed by atoms with Gasteiger partial charge in [0, 0.05) is 0 Å². The Balaban J connectivity index is 1.58. The molecule has 1 atom stereocenters. The summed E-state index contributed by atoms with van der Waals surface area (Å²) in [6.45, 7) is 4.26. The number of aromatic hydroxyl groups is 1. The number of benzene rings is 1. The summed E-state index contributed by atoms with van der Waals surface area (Å²) >= 11 is 1.47. The van der Waals surface area contributed by atoms with Crippen molar-refractivity contribution >= 4 is 16.3 Å². The molecule has 30 heavy (non-hydrogen) atoms. The van der Waals surface area contributed by atoms with Crippen LogP contribution in [0.2, 0.25) is 0 Å². The van der Waals surface area contributed by atoms with Gasteiger partial charge in [-0.1, -0.05) is 30.4 Å². The molecule has 1 aliphatic rings. The van der Waals surface area contributed by atoms with Gasteiger partial charge in [-0.3, -0.25) is 4.90 Å². The summed E-state index contributed by atoms with van der Waals surface area (Å²) in [6.07, 6.45) is 3.88. The molecule has 0 bridgehead atoms. The molecule has 1 fully saturated rings. The summed E-state index contributed by atoms with van der Waals surface area (Å²) in [5.74, 6) is 2.71. The third-order valence-corrected chi connectivity index (χ3v) is 6.86. The van der Waals surface area contributed by atoms with Crippen LogP contribution >= 0.6 is 11.3 Å². The number of furan rings is 1. The summed E-state index contributed by atoms with van der Waals surface area (Å²) in [7, 11) is 1.67. The third kappa shape index (κ3) is 3.36. The minimum absolute atomic E-state index is 0.0758. The highest BCUT2D eigenvalue weighted by atomic mass is 32.1. The van der Waals surface area contributed by atoms with Crippen molar-refractivity contribution in [2.75, 3.05) is 20.2 Å². The van der Waals surface area contributed by atoms with Crippen LogP contribution in [-0.2, 0) is 0 Å². The van der Waals surface area contributed by atoms with E-state index in [1.165, 1.54) is 15.9 Å². The van der Waals surface area contributed by atoms with E-state index >= 15 is 0 Å². The first-order valence-electron chi connectivity index (χ1n) is 10.1. The lowest BCUT2D eigenvalue weighted by Crippen LogP contribution is -2.36. The monoisotopic (exact) mass is 424 g/mol. The predicted molar refractivity (Wildman–Crippen MR) is 115 cm³/mol. The zero-order valence-corrected chi connectivity index (χ0v) is 17.8. The normalized spacial score (nSPS) is 16.9. The van der Waals surface area contributed by atoms with E-state index in [9.17, 15) is 5.11 Å². The van der Waals surface area contributed by atoms with E-state index in [2.05, 4.69) is 28.0 Å². The quantitative estimate of drug-likeness (QED) is 0.505. The van der Waals surface area contributed by atoms with Crippen LogP contribution in [0.1, 0.15) is 36.2 Å². The molecule has 4 aromatic rings. The van der Waals surface area contributed by atoms with Gasteiger partial charge in [-0.2, -0.15) is 9.50 Å². The Morgan fingerprint density at radius 3 is 2.77 bits per heavy atom. The van der Waals surface area contributed by atoms with Crippen LogP contribution in [0.3, 0.4) is 0 Å². The highest BCUT2D eigenvalue weighted by Crippen LogP contribution is 2.42. The van der Waals surface area contributed by atoms with Crippen LogP contribution in [0.5, 0.6) is 11.6 Å².